The first kappa shape index (κ1) is 10.3. The van der Waals surface area contributed by atoms with Crippen LogP contribution in [0.15, 0.2) is 24.3 Å². The topological polar surface area (TPSA) is 70.4 Å². The number of imide groups is 1. The molecule has 0 N–H and O–H groups in total. The second-order valence-corrected chi connectivity index (χ2v) is 3.28. The Morgan fingerprint density at radius 1 is 1.25 bits per heavy atom. The summed E-state index contributed by atoms with van der Waals surface area (Å²) >= 11 is 0. The highest BCUT2D eigenvalue weighted by atomic mass is 16.5. The molecule has 80 valence electrons. The zero-order valence-corrected chi connectivity index (χ0v) is 8.34. The summed E-state index contributed by atoms with van der Waals surface area (Å²) in [6.45, 7) is -0.217. The summed E-state index contributed by atoms with van der Waals surface area (Å²) in [6, 6.07) is 8.31. The predicted molar refractivity (Wildman–Crippen MR) is 54.5 cm³/mol. The van der Waals surface area contributed by atoms with Gasteiger partial charge < -0.3 is 4.74 Å². The number of amides is 2. The van der Waals surface area contributed by atoms with Crippen molar-refractivity contribution >= 4 is 17.5 Å². The van der Waals surface area contributed by atoms with Crippen LogP contribution in [0.1, 0.15) is 5.56 Å². The second-order valence-electron chi connectivity index (χ2n) is 3.28. The van der Waals surface area contributed by atoms with Crippen LogP contribution in [0.2, 0.25) is 0 Å². The summed E-state index contributed by atoms with van der Waals surface area (Å²) in [4.78, 5) is 24.0. The number of hydrogen-bond donors (Lipinski definition) is 0. The van der Waals surface area contributed by atoms with Crippen molar-refractivity contribution in [2.45, 2.75) is 0 Å². The van der Waals surface area contributed by atoms with Gasteiger partial charge in [-0.25, -0.2) is 4.90 Å². The molecule has 1 aromatic rings. The van der Waals surface area contributed by atoms with E-state index in [0.717, 1.165) is 4.90 Å². The molecule has 1 aliphatic heterocycles. The van der Waals surface area contributed by atoms with Gasteiger partial charge in [0.1, 0.15) is 13.2 Å². The molecule has 0 aliphatic carbocycles. The molecule has 0 radical (unpaired) electrons. The van der Waals surface area contributed by atoms with E-state index in [-0.39, 0.29) is 13.2 Å². The highest BCUT2D eigenvalue weighted by Crippen LogP contribution is 2.18. The van der Waals surface area contributed by atoms with E-state index < -0.39 is 11.8 Å². The molecule has 0 spiro atoms. The van der Waals surface area contributed by atoms with Crippen LogP contribution >= 0.6 is 0 Å². The van der Waals surface area contributed by atoms with Gasteiger partial charge in [-0.05, 0) is 18.2 Å². The van der Waals surface area contributed by atoms with E-state index in [1.807, 2.05) is 6.07 Å². The second kappa shape index (κ2) is 4.13. The van der Waals surface area contributed by atoms with Crippen molar-refractivity contribution in [2.24, 2.45) is 0 Å². The van der Waals surface area contributed by atoms with E-state index in [1.165, 1.54) is 6.07 Å². The van der Waals surface area contributed by atoms with Crippen LogP contribution in [-0.4, -0.2) is 25.0 Å². The Balaban J connectivity index is 2.38. The minimum absolute atomic E-state index is 0.109. The summed E-state index contributed by atoms with van der Waals surface area (Å²) in [5.41, 5.74) is 0.821. The van der Waals surface area contributed by atoms with E-state index in [4.69, 9.17) is 10.00 Å². The zero-order valence-electron chi connectivity index (χ0n) is 8.34. The molecule has 0 unspecified atom stereocenters. The number of anilines is 1. The molecular formula is C11H8N2O3. The lowest BCUT2D eigenvalue weighted by Crippen LogP contribution is -2.46. The van der Waals surface area contributed by atoms with Gasteiger partial charge in [0.15, 0.2) is 0 Å². The fourth-order valence-corrected chi connectivity index (χ4v) is 1.50. The maximum atomic E-state index is 11.5. The third-order valence-corrected chi connectivity index (χ3v) is 2.18. The number of nitriles is 1. The van der Waals surface area contributed by atoms with Gasteiger partial charge in [-0.3, -0.25) is 9.59 Å². The molecule has 5 heteroatoms. The number of ether oxygens (including phenoxy) is 1. The molecule has 0 saturated carbocycles. The fourth-order valence-electron chi connectivity index (χ4n) is 1.50. The van der Waals surface area contributed by atoms with Crippen molar-refractivity contribution in [1.82, 2.24) is 0 Å². The molecule has 2 rings (SSSR count). The van der Waals surface area contributed by atoms with Crippen LogP contribution in [0.3, 0.4) is 0 Å². The number of hydrogen-bond acceptors (Lipinski definition) is 4. The number of nitrogens with zero attached hydrogens (tertiary/aromatic N) is 2. The first-order valence-corrected chi connectivity index (χ1v) is 4.66. The Labute approximate surface area is 91.8 Å². The lowest BCUT2D eigenvalue weighted by molar-refractivity contribution is -0.138. The fraction of sp³-hybridized carbons (Fsp3) is 0.182. The number of rotatable bonds is 1. The van der Waals surface area contributed by atoms with E-state index in [2.05, 4.69) is 0 Å². The van der Waals surface area contributed by atoms with Crippen molar-refractivity contribution in [2.75, 3.05) is 18.1 Å². The van der Waals surface area contributed by atoms with Gasteiger partial charge in [0, 0.05) is 0 Å². The minimum atomic E-state index is -0.411. The maximum absolute atomic E-state index is 11.5. The SMILES string of the molecule is N#Cc1cccc(N2C(=O)COCC2=O)c1. The van der Waals surface area contributed by atoms with Gasteiger partial charge in [-0.15, -0.1) is 0 Å². The molecule has 0 bridgehead atoms. The summed E-state index contributed by atoms with van der Waals surface area (Å²) in [5.74, 6) is -0.822. The van der Waals surface area contributed by atoms with Crippen LogP contribution in [0.4, 0.5) is 5.69 Å². The summed E-state index contributed by atoms with van der Waals surface area (Å²) in [6.07, 6.45) is 0. The molecule has 2 amide bonds. The van der Waals surface area contributed by atoms with E-state index in [0.29, 0.717) is 11.3 Å². The lowest BCUT2D eigenvalue weighted by atomic mass is 10.2. The number of carbonyl (C=O) groups excluding carboxylic acids is 2. The average Bonchev–Trinajstić information content (AvgIpc) is 2.29. The van der Waals surface area contributed by atoms with Crippen molar-refractivity contribution in [3.63, 3.8) is 0 Å². The molecule has 1 aliphatic rings. The van der Waals surface area contributed by atoms with E-state index >= 15 is 0 Å². The molecule has 1 fully saturated rings. The van der Waals surface area contributed by atoms with Gasteiger partial charge in [0.05, 0.1) is 17.3 Å². The van der Waals surface area contributed by atoms with Crippen LogP contribution in [-0.2, 0) is 14.3 Å². The number of morpholine rings is 1. The smallest absolute Gasteiger partial charge is 0.259 e. The monoisotopic (exact) mass is 216 g/mol. The molecular weight excluding hydrogens is 208 g/mol. The Morgan fingerprint density at radius 2 is 1.94 bits per heavy atom. The number of carbonyl (C=O) groups is 2. The van der Waals surface area contributed by atoms with Gasteiger partial charge in [-0.1, -0.05) is 6.07 Å². The standard InChI is InChI=1S/C11H8N2O3/c12-5-8-2-1-3-9(4-8)13-10(14)6-16-7-11(13)15/h1-4H,6-7H2. The molecule has 5 nitrogen and oxygen atoms in total. The normalized spacial score (nSPS) is 16.1. The van der Waals surface area contributed by atoms with Gasteiger partial charge in [0.25, 0.3) is 11.8 Å². The molecule has 16 heavy (non-hydrogen) atoms. The van der Waals surface area contributed by atoms with Crippen molar-refractivity contribution < 1.29 is 14.3 Å². The van der Waals surface area contributed by atoms with Crippen molar-refractivity contribution in [1.29, 1.82) is 5.26 Å². The predicted octanol–water partition coefficient (Wildman–Crippen LogP) is 0.448. The Morgan fingerprint density at radius 3 is 2.56 bits per heavy atom. The maximum Gasteiger partial charge on any atom is 0.259 e. The van der Waals surface area contributed by atoms with Gasteiger partial charge in [0.2, 0.25) is 0 Å². The average molecular weight is 216 g/mol. The molecule has 1 saturated heterocycles. The summed E-state index contributed by atoms with van der Waals surface area (Å²) in [7, 11) is 0. The molecule has 0 atom stereocenters. The van der Waals surface area contributed by atoms with Crippen molar-refractivity contribution in [3.05, 3.63) is 29.8 Å². The largest absolute Gasteiger partial charge is 0.362 e. The van der Waals surface area contributed by atoms with Crippen LogP contribution < -0.4 is 4.90 Å². The third-order valence-electron chi connectivity index (χ3n) is 2.18. The van der Waals surface area contributed by atoms with Crippen LogP contribution in [0, 0.1) is 11.3 Å². The summed E-state index contributed by atoms with van der Waals surface area (Å²) < 4.78 is 4.80. The van der Waals surface area contributed by atoms with Crippen LogP contribution in [0.25, 0.3) is 0 Å². The van der Waals surface area contributed by atoms with Crippen LogP contribution in [0.5, 0.6) is 0 Å². The molecule has 1 aromatic carbocycles. The first-order valence-electron chi connectivity index (χ1n) is 4.66. The molecule has 1 heterocycles. The molecule has 0 aromatic heterocycles. The van der Waals surface area contributed by atoms with E-state index in [1.54, 1.807) is 18.2 Å². The van der Waals surface area contributed by atoms with Gasteiger partial charge >= 0.3 is 0 Å². The highest BCUT2D eigenvalue weighted by Gasteiger charge is 2.28. The Hall–Kier alpha value is -2.19. The Kier molecular flexibility index (Phi) is 2.66. The quantitative estimate of drug-likeness (QED) is 0.639. The third kappa shape index (κ3) is 1.78. The van der Waals surface area contributed by atoms with E-state index in [9.17, 15) is 9.59 Å². The van der Waals surface area contributed by atoms with Gasteiger partial charge in [-0.2, -0.15) is 5.26 Å². The van der Waals surface area contributed by atoms with Crippen molar-refractivity contribution in [3.8, 4) is 6.07 Å². The minimum Gasteiger partial charge on any atom is -0.362 e. The first-order chi connectivity index (χ1) is 7.72. The number of benzene rings is 1. The highest BCUT2D eigenvalue weighted by molar-refractivity contribution is 6.17. The lowest BCUT2D eigenvalue weighted by Gasteiger charge is -2.24. The summed E-state index contributed by atoms with van der Waals surface area (Å²) in [5, 5.41) is 8.73. The zero-order chi connectivity index (χ0) is 11.5. The Bertz CT molecular complexity index is 474.